The monoisotopic (exact) mass is 417 g/mol. The van der Waals surface area contributed by atoms with Gasteiger partial charge in [0.2, 0.25) is 0 Å². The molecule has 7 heteroatoms. The molecular weight excluding hydrogens is 390 g/mol. The molecule has 1 aliphatic heterocycles. The van der Waals surface area contributed by atoms with Crippen molar-refractivity contribution in [3.05, 3.63) is 53.9 Å². The number of likely N-dealkylation sites (N-methyl/N-ethyl adjacent to an activating group) is 1. The number of pyridine rings is 1. The molecule has 1 saturated carbocycles. The van der Waals surface area contributed by atoms with Gasteiger partial charge in [-0.15, -0.1) is 0 Å². The van der Waals surface area contributed by atoms with Gasteiger partial charge < -0.3 is 9.80 Å². The lowest BCUT2D eigenvalue weighted by Gasteiger charge is -2.20. The summed E-state index contributed by atoms with van der Waals surface area (Å²) in [7, 11) is 4.12. The van der Waals surface area contributed by atoms with Crippen molar-refractivity contribution in [1.82, 2.24) is 24.4 Å². The molecule has 0 N–H and O–H groups in total. The number of likely N-dealkylation sites (tertiary alicyclic amines) is 1. The summed E-state index contributed by atoms with van der Waals surface area (Å²) in [5.74, 6) is 1.09. The van der Waals surface area contributed by atoms with Crippen LogP contribution >= 0.6 is 0 Å². The fourth-order valence-corrected chi connectivity index (χ4v) is 4.26. The zero-order chi connectivity index (χ0) is 21.5. The van der Waals surface area contributed by atoms with Gasteiger partial charge in [0.25, 0.3) is 5.91 Å². The fourth-order valence-electron chi connectivity index (χ4n) is 4.26. The minimum absolute atomic E-state index is 0.0794. The fraction of sp³-hybridized carbons (Fsp3) is 0.417. The van der Waals surface area contributed by atoms with Crippen LogP contribution in [0.25, 0.3) is 16.9 Å². The number of hydrogen-bond donors (Lipinski definition) is 0. The number of nitrogens with zero attached hydrogens (tertiary/aromatic N) is 5. The van der Waals surface area contributed by atoms with Crippen LogP contribution in [-0.2, 0) is 11.2 Å². The average Bonchev–Trinajstić information content (AvgIpc) is 3.36. The van der Waals surface area contributed by atoms with Crippen LogP contribution in [0.2, 0.25) is 0 Å². The first-order valence-corrected chi connectivity index (χ1v) is 10.9. The van der Waals surface area contributed by atoms with Gasteiger partial charge in [-0.2, -0.15) is 5.10 Å². The van der Waals surface area contributed by atoms with Gasteiger partial charge in [-0.3, -0.25) is 9.59 Å². The van der Waals surface area contributed by atoms with E-state index in [9.17, 15) is 9.59 Å². The Morgan fingerprint density at radius 3 is 2.52 bits per heavy atom. The van der Waals surface area contributed by atoms with E-state index in [2.05, 4.69) is 29.1 Å². The Kier molecular flexibility index (Phi) is 5.06. The van der Waals surface area contributed by atoms with Crippen LogP contribution in [-0.4, -0.2) is 69.3 Å². The first kappa shape index (κ1) is 19.9. The number of carbonyl (C=O) groups excluding carboxylic acids is 2. The molecule has 2 aliphatic rings. The molecule has 2 aromatic heterocycles. The summed E-state index contributed by atoms with van der Waals surface area (Å²) in [4.78, 5) is 33.7. The number of amides is 1. The number of benzene rings is 1. The number of hydrogen-bond acceptors (Lipinski definition) is 5. The highest BCUT2D eigenvalue weighted by atomic mass is 16.2. The van der Waals surface area contributed by atoms with Gasteiger partial charge in [0.15, 0.2) is 11.5 Å². The first-order valence-electron chi connectivity index (χ1n) is 10.9. The molecule has 1 saturated heterocycles. The molecule has 3 heterocycles. The molecule has 0 spiro atoms. The van der Waals surface area contributed by atoms with Crippen LogP contribution in [0.15, 0.2) is 42.5 Å². The van der Waals surface area contributed by atoms with Crippen molar-refractivity contribution in [2.75, 3.05) is 27.2 Å². The number of Topliss-reactive ketones (excluding diaryl/α,β-unsaturated/α-hetero) is 1. The quantitative estimate of drug-likeness (QED) is 0.617. The maximum atomic E-state index is 12.9. The third-order valence-corrected chi connectivity index (χ3v) is 6.38. The third kappa shape index (κ3) is 3.97. The van der Waals surface area contributed by atoms with Crippen LogP contribution < -0.4 is 0 Å². The van der Waals surface area contributed by atoms with Gasteiger partial charge in [-0.25, -0.2) is 9.50 Å². The summed E-state index contributed by atoms with van der Waals surface area (Å²) in [5, 5.41) is 4.59. The van der Waals surface area contributed by atoms with Crippen LogP contribution in [0, 0.1) is 5.92 Å². The highest BCUT2D eigenvalue weighted by Gasteiger charge is 2.30. The van der Waals surface area contributed by atoms with Gasteiger partial charge in [-0.05, 0) is 57.6 Å². The van der Waals surface area contributed by atoms with Gasteiger partial charge in [0.1, 0.15) is 5.78 Å². The van der Waals surface area contributed by atoms with Crippen LogP contribution in [0.1, 0.15) is 35.4 Å². The lowest BCUT2D eigenvalue weighted by Crippen LogP contribution is -2.34. The molecule has 3 aromatic rings. The molecule has 1 unspecified atom stereocenters. The standard InChI is InChI=1S/C24H27N5O2/c1-27(2)19-12-13-28(15-19)24(31)18-10-6-16(7-11-18)20-4-3-5-23-25-22(26-29(20)23)14-21(30)17-8-9-17/h3-7,10-11,17,19H,8-9,12-15H2,1-2H3. The Balaban J connectivity index is 1.36. The van der Waals surface area contributed by atoms with E-state index in [0.717, 1.165) is 49.3 Å². The summed E-state index contributed by atoms with van der Waals surface area (Å²) in [6, 6.07) is 13.9. The highest BCUT2D eigenvalue weighted by Crippen LogP contribution is 2.31. The molecule has 160 valence electrons. The second kappa shape index (κ2) is 7.89. The Labute approximate surface area is 181 Å². The highest BCUT2D eigenvalue weighted by molar-refractivity contribution is 5.95. The molecule has 1 aliphatic carbocycles. The predicted octanol–water partition coefficient (Wildman–Crippen LogP) is 2.69. The Hall–Kier alpha value is -3.06. The number of fused-ring (bicyclic) bond motifs is 1. The van der Waals surface area contributed by atoms with E-state index in [1.54, 1.807) is 4.52 Å². The molecule has 0 bridgehead atoms. The molecule has 1 amide bonds. The third-order valence-electron chi connectivity index (χ3n) is 6.38. The first-order chi connectivity index (χ1) is 15.0. The summed E-state index contributed by atoms with van der Waals surface area (Å²) < 4.78 is 1.79. The van der Waals surface area contributed by atoms with Crippen molar-refractivity contribution in [1.29, 1.82) is 0 Å². The minimum Gasteiger partial charge on any atom is -0.337 e. The number of aromatic nitrogens is 3. The molecule has 1 atom stereocenters. The van der Waals surface area contributed by atoms with E-state index < -0.39 is 0 Å². The van der Waals surface area contributed by atoms with Gasteiger partial charge in [-0.1, -0.05) is 18.2 Å². The Morgan fingerprint density at radius 1 is 1.06 bits per heavy atom. The normalized spacial score (nSPS) is 18.8. The Morgan fingerprint density at radius 2 is 1.84 bits per heavy atom. The SMILES string of the molecule is CN(C)C1CCN(C(=O)c2ccc(-c3cccc4nc(CC(=O)C5CC5)nn34)cc2)C1. The van der Waals surface area contributed by atoms with Gasteiger partial charge in [0, 0.05) is 36.2 Å². The largest absolute Gasteiger partial charge is 0.337 e. The zero-order valence-corrected chi connectivity index (χ0v) is 18.0. The smallest absolute Gasteiger partial charge is 0.253 e. The molecule has 31 heavy (non-hydrogen) atoms. The van der Waals surface area contributed by atoms with Gasteiger partial charge in [0.05, 0.1) is 12.1 Å². The Bertz CT molecular complexity index is 1130. The van der Waals surface area contributed by atoms with Crippen LogP contribution in [0.3, 0.4) is 0 Å². The van der Waals surface area contributed by atoms with Crippen LogP contribution in [0.4, 0.5) is 0 Å². The van der Waals surface area contributed by atoms with Crippen molar-refractivity contribution < 1.29 is 9.59 Å². The summed E-state index contributed by atoms with van der Waals surface area (Å²) >= 11 is 0. The van der Waals surface area contributed by atoms with Crippen LogP contribution in [0.5, 0.6) is 0 Å². The van der Waals surface area contributed by atoms with E-state index in [0.29, 0.717) is 23.9 Å². The molecular formula is C24H27N5O2. The maximum Gasteiger partial charge on any atom is 0.253 e. The van der Waals surface area contributed by atoms with E-state index in [-0.39, 0.29) is 17.6 Å². The zero-order valence-electron chi connectivity index (χ0n) is 18.0. The molecule has 0 radical (unpaired) electrons. The number of carbonyl (C=O) groups is 2. The van der Waals surface area contributed by atoms with Crippen molar-refractivity contribution in [2.45, 2.75) is 31.7 Å². The number of rotatable bonds is 6. The van der Waals surface area contributed by atoms with Crippen molar-refractivity contribution in [2.24, 2.45) is 5.92 Å². The molecule has 2 fully saturated rings. The van der Waals surface area contributed by atoms with E-state index in [1.807, 2.05) is 47.4 Å². The summed E-state index contributed by atoms with van der Waals surface area (Å²) in [6.07, 6.45) is 3.30. The summed E-state index contributed by atoms with van der Waals surface area (Å²) in [6.45, 7) is 1.57. The molecule has 1 aromatic carbocycles. The van der Waals surface area contributed by atoms with E-state index >= 15 is 0 Å². The second-order valence-electron chi connectivity index (χ2n) is 8.86. The summed E-state index contributed by atoms with van der Waals surface area (Å²) in [5.41, 5.74) is 3.27. The lowest BCUT2D eigenvalue weighted by molar-refractivity contribution is -0.119. The topological polar surface area (TPSA) is 70.8 Å². The van der Waals surface area contributed by atoms with Gasteiger partial charge >= 0.3 is 0 Å². The predicted molar refractivity (Wildman–Crippen MR) is 118 cm³/mol. The van der Waals surface area contributed by atoms with Crippen molar-refractivity contribution in [3.63, 3.8) is 0 Å². The minimum atomic E-state index is 0.0794. The average molecular weight is 418 g/mol. The molecule has 5 rings (SSSR count). The second-order valence-corrected chi connectivity index (χ2v) is 8.86. The van der Waals surface area contributed by atoms with Crippen molar-refractivity contribution >= 4 is 17.3 Å². The van der Waals surface area contributed by atoms with Crippen molar-refractivity contribution in [3.8, 4) is 11.3 Å². The number of ketones is 1. The van der Waals surface area contributed by atoms with E-state index in [4.69, 9.17) is 0 Å². The molecule has 7 nitrogen and oxygen atoms in total. The maximum absolute atomic E-state index is 12.9. The van der Waals surface area contributed by atoms with E-state index in [1.165, 1.54) is 0 Å². The lowest BCUT2D eigenvalue weighted by atomic mass is 10.1.